The predicted molar refractivity (Wildman–Crippen MR) is 75.4 cm³/mol. The first-order chi connectivity index (χ1) is 9.29. The van der Waals surface area contributed by atoms with Gasteiger partial charge in [-0.1, -0.05) is 30.3 Å². The fourth-order valence-corrected chi connectivity index (χ4v) is 2.18. The van der Waals surface area contributed by atoms with Crippen molar-refractivity contribution in [1.82, 2.24) is 0 Å². The monoisotopic (exact) mass is 251 g/mol. The minimum absolute atomic E-state index is 0.0153. The van der Waals surface area contributed by atoms with Crippen molar-refractivity contribution in [2.24, 2.45) is 0 Å². The molecule has 0 aliphatic carbocycles. The van der Waals surface area contributed by atoms with Crippen molar-refractivity contribution in [2.45, 2.75) is 0 Å². The molecule has 94 valence electrons. The largest absolute Gasteiger partial charge is 0.496 e. The van der Waals surface area contributed by atoms with Gasteiger partial charge in [0, 0.05) is 16.8 Å². The Hall–Kier alpha value is -2.55. The van der Waals surface area contributed by atoms with E-state index < -0.39 is 0 Å². The molecule has 0 unspecified atom stereocenters. The fourth-order valence-electron chi connectivity index (χ4n) is 2.18. The van der Waals surface area contributed by atoms with E-state index in [1.165, 1.54) is 0 Å². The second-order valence-corrected chi connectivity index (χ2v) is 4.30. The van der Waals surface area contributed by atoms with Crippen molar-refractivity contribution < 1.29 is 9.53 Å². The molecule has 1 heterocycles. The minimum atomic E-state index is 0.0153. The quantitative estimate of drug-likeness (QED) is 0.832. The van der Waals surface area contributed by atoms with Crippen LogP contribution in [0, 0.1) is 0 Å². The summed E-state index contributed by atoms with van der Waals surface area (Å²) in [5, 5.41) is 3.14. The first-order valence-corrected chi connectivity index (χ1v) is 6.05. The van der Waals surface area contributed by atoms with Crippen LogP contribution in [0.5, 0.6) is 5.75 Å². The normalized spacial score (nSPS) is 15.2. The lowest BCUT2D eigenvalue weighted by molar-refractivity contribution is 0.104. The van der Waals surface area contributed by atoms with E-state index >= 15 is 0 Å². The number of nitrogens with one attached hydrogen (secondary N) is 1. The van der Waals surface area contributed by atoms with Gasteiger partial charge in [0.15, 0.2) is 0 Å². The molecule has 0 bridgehead atoms. The molecule has 0 spiro atoms. The van der Waals surface area contributed by atoms with Crippen molar-refractivity contribution in [3.63, 3.8) is 0 Å². The molecule has 1 aliphatic heterocycles. The highest BCUT2D eigenvalue weighted by Crippen LogP contribution is 2.30. The van der Waals surface area contributed by atoms with Gasteiger partial charge in [-0.15, -0.1) is 0 Å². The Morgan fingerprint density at radius 2 is 1.79 bits per heavy atom. The molecular formula is C16H13NO2. The van der Waals surface area contributed by atoms with Crippen LogP contribution in [0.4, 0.5) is 5.69 Å². The van der Waals surface area contributed by atoms with Crippen LogP contribution >= 0.6 is 0 Å². The third kappa shape index (κ3) is 1.99. The summed E-state index contributed by atoms with van der Waals surface area (Å²) >= 11 is 0. The maximum atomic E-state index is 12.2. The fraction of sp³-hybridized carbons (Fsp3) is 0.0625. The Balaban J connectivity index is 2.01. The van der Waals surface area contributed by atoms with Crippen LogP contribution in [-0.2, 0) is 0 Å². The first-order valence-electron chi connectivity index (χ1n) is 6.05. The lowest BCUT2D eigenvalue weighted by atomic mass is 10.1. The number of rotatable bonds is 2. The molecule has 0 amide bonds. The van der Waals surface area contributed by atoms with Gasteiger partial charge in [0.25, 0.3) is 0 Å². The molecule has 1 N–H and O–H groups in total. The molecule has 2 aromatic carbocycles. The maximum Gasteiger partial charge on any atom is 0.211 e. The van der Waals surface area contributed by atoms with Crippen LogP contribution in [0.3, 0.4) is 0 Å². The van der Waals surface area contributed by atoms with E-state index in [1.807, 2.05) is 54.6 Å². The average molecular weight is 251 g/mol. The molecule has 0 fully saturated rings. The number of hydrogen-bond acceptors (Lipinski definition) is 3. The molecule has 3 rings (SSSR count). The Morgan fingerprint density at radius 3 is 2.58 bits per heavy atom. The Bertz CT molecular complexity index is 674. The Morgan fingerprint density at radius 1 is 1.05 bits per heavy atom. The summed E-state index contributed by atoms with van der Waals surface area (Å²) in [7, 11) is 1.62. The number of benzene rings is 2. The summed E-state index contributed by atoms with van der Waals surface area (Å²) in [6.07, 6.45) is 1.82. The first kappa shape index (κ1) is 11.5. The molecule has 0 radical (unpaired) electrons. The lowest BCUT2D eigenvalue weighted by Gasteiger charge is -2.05. The van der Waals surface area contributed by atoms with Gasteiger partial charge in [-0.2, -0.15) is 0 Å². The number of allylic oxidation sites excluding steroid dienone is 1. The van der Waals surface area contributed by atoms with Crippen LogP contribution in [0.15, 0.2) is 54.2 Å². The minimum Gasteiger partial charge on any atom is -0.496 e. The van der Waals surface area contributed by atoms with Crippen LogP contribution in [0.25, 0.3) is 6.08 Å². The molecule has 0 saturated heterocycles. The summed E-state index contributed by atoms with van der Waals surface area (Å²) in [6.45, 7) is 0. The molecule has 1 aliphatic rings. The van der Waals surface area contributed by atoms with Crippen LogP contribution in [-0.4, -0.2) is 12.9 Å². The summed E-state index contributed by atoms with van der Waals surface area (Å²) in [5.74, 6) is 0.766. The highest BCUT2D eigenvalue weighted by molar-refractivity contribution is 6.20. The number of para-hydroxylation sites is 2. The van der Waals surface area contributed by atoms with E-state index in [4.69, 9.17) is 4.74 Å². The number of methoxy groups -OCH3 is 1. The Kier molecular flexibility index (Phi) is 2.80. The van der Waals surface area contributed by atoms with Crippen molar-refractivity contribution in [3.05, 3.63) is 65.4 Å². The number of fused-ring (bicyclic) bond motifs is 1. The van der Waals surface area contributed by atoms with E-state index in [0.29, 0.717) is 11.3 Å². The van der Waals surface area contributed by atoms with Gasteiger partial charge >= 0.3 is 0 Å². The number of carbonyl (C=O) groups is 1. The van der Waals surface area contributed by atoms with Crippen LogP contribution < -0.4 is 10.1 Å². The topological polar surface area (TPSA) is 38.3 Å². The van der Waals surface area contributed by atoms with Crippen molar-refractivity contribution >= 4 is 17.5 Å². The molecular weight excluding hydrogens is 238 g/mol. The number of Topliss-reactive ketones (excluding diaryl/α,β-unsaturated/α-hetero) is 1. The number of ether oxygens (including phenoxy) is 1. The van der Waals surface area contributed by atoms with Gasteiger partial charge in [-0.25, -0.2) is 0 Å². The van der Waals surface area contributed by atoms with Crippen molar-refractivity contribution in [2.75, 3.05) is 12.4 Å². The van der Waals surface area contributed by atoms with Gasteiger partial charge in [-0.3, -0.25) is 4.79 Å². The highest BCUT2D eigenvalue weighted by atomic mass is 16.5. The van der Waals surface area contributed by atoms with E-state index in [2.05, 4.69) is 5.32 Å². The molecule has 0 atom stereocenters. The van der Waals surface area contributed by atoms with Gasteiger partial charge < -0.3 is 10.1 Å². The molecule has 0 aromatic heterocycles. The van der Waals surface area contributed by atoms with Crippen LogP contribution in [0.2, 0.25) is 0 Å². The average Bonchev–Trinajstić information content (AvgIpc) is 2.77. The standard InChI is InChI=1S/C16H13NO2/c1-19-15-9-5-2-6-11(15)10-14-16(18)12-7-3-4-8-13(12)17-14/h2-10,17H,1H3/b14-10-. The predicted octanol–water partition coefficient (Wildman–Crippen LogP) is 3.34. The highest BCUT2D eigenvalue weighted by Gasteiger charge is 2.23. The summed E-state index contributed by atoms with van der Waals surface area (Å²) < 4.78 is 5.28. The Labute approximate surface area is 111 Å². The second kappa shape index (κ2) is 4.61. The van der Waals surface area contributed by atoms with Gasteiger partial charge in [0.05, 0.1) is 12.8 Å². The van der Waals surface area contributed by atoms with E-state index in [9.17, 15) is 4.79 Å². The SMILES string of the molecule is COc1ccccc1/C=C1\Nc2ccccc2C1=O. The van der Waals surface area contributed by atoms with Gasteiger partial charge in [-0.05, 0) is 24.3 Å². The zero-order valence-corrected chi connectivity index (χ0v) is 10.5. The molecule has 3 heteroatoms. The summed E-state index contributed by atoms with van der Waals surface area (Å²) in [6, 6.07) is 15.1. The van der Waals surface area contributed by atoms with E-state index in [-0.39, 0.29) is 5.78 Å². The maximum absolute atomic E-state index is 12.2. The summed E-state index contributed by atoms with van der Waals surface area (Å²) in [4.78, 5) is 12.2. The third-order valence-electron chi connectivity index (χ3n) is 3.12. The van der Waals surface area contributed by atoms with Gasteiger partial charge in [0.1, 0.15) is 5.75 Å². The number of hydrogen-bond donors (Lipinski definition) is 1. The molecule has 3 nitrogen and oxygen atoms in total. The van der Waals surface area contributed by atoms with E-state index in [1.54, 1.807) is 7.11 Å². The third-order valence-corrected chi connectivity index (χ3v) is 3.12. The zero-order chi connectivity index (χ0) is 13.2. The molecule has 0 saturated carbocycles. The molecule has 2 aromatic rings. The second-order valence-electron chi connectivity index (χ2n) is 4.30. The smallest absolute Gasteiger partial charge is 0.211 e. The number of anilines is 1. The summed E-state index contributed by atoms with van der Waals surface area (Å²) in [5.41, 5.74) is 3.02. The number of carbonyl (C=O) groups excluding carboxylic acids is 1. The zero-order valence-electron chi connectivity index (χ0n) is 10.5. The number of ketones is 1. The van der Waals surface area contributed by atoms with Crippen molar-refractivity contribution in [1.29, 1.82) is 0 Å². The van der Waals surface area contributed by atoms with E-state index in [0.717, 1.165) is 17.0 Å². The lowest BCUT2D eigenvalue weighted by Crippen LogP contribution is -2.00. The van der Waals surface area contributed by atoms with Gasteiger partial charge in [0.2, 0.25) is 5.78 Å². The van der Waals surface area contributed by atoms with Crippen molar-refractivity contribution in [3.8, 4) is 5.75 Å². The van der Waals surface area contributed by atoms with Crippen LogP contribution in [0.1, 0.15) is 15.9 Å². The molecule has 19 heavy (non-hydrogen) atoms.